The molecule has 2 aromatic rings. The van der Waals surface area contributed by atoms with Gasteiger partial charge in [-0.05, 0) is 24.3 Å². The van der Waals surface area contributed by atoms with E-state index in [-0.39, 0.29) is 29.9 Å². The van der Waals surface area contributed by atoms with Crippen molar-refractivity contribution < 1.29 is 14.2 Å². The first-order valence-corrected chi connectivity index (χ1v) is 8.30. The highest BCUT2D eigenvalue weighted by molar-refractivity contribution is 14.0. The van der Waals surface area contributed by atoms with Crippen molar-refractivity contribution in [3.63, 3.8) is 0 Å². The van der Waals surface area contributed by atoms with Gasteiger partial charge in [-0.1, -0.05) is 11.6 Å². The third-order valence-electron chi connectivity index (χ3n) is 3.36. The number of fused-ring (bicyclic) bond motifs is 1. The number of halogens is 2. The van der Waals surface area contributed by atoms with Crippen LogP contribution in [0.4, 0.5) is 5.69 Å². The van der Waals surface area contributed by atoms with Gasteiger partial charge in [0.15, 0.2) is 17.5 Å². The van der Waals surface area contributed by atoms with Crippen molar-refractivity contribution in [3.8, 4) is 17.4 Å². The van der Waals surface area contributed by atoms with Gasteiger partial charge in [0.25, 0.3) is 0 Å². The van der Waals surface area contributed by atoms with E-state index < -0.39 is 0 Å². The molecule has 0 bridgehead atoms. The van der Waals surface area contributed by atoms with Crippen molar-refractivity contribution in [2.75, 3.05) is 31.7 Å². The molecule has 1 aliphatic rings. The van der Waals surface area contributed by atoms with Crippen molar-refractivity contribution in [2.45, 2.75) is 6.42 Å². The number of aromatic nitrogens is 1. The Hall–Kier alpha value is -1.94. The van der Waals surface area contributed by atoms with Crippen LogP contribution in [0.5, 0.6) is 17.4 Å². The second-order valence-corrected chi connectivity index (χ2v) is 5.65. The molecule has 2 heterocycles. The fourth-order valence-electron chi connectivity index (χ4n) is 2.21. The number of aliphatic imine (C=N–C) groups is 1. The zero-order valence-corrected chi connectivity index (χ0v) is 17.1. The van der Waals surface area contributed by atoms with E-state index in [1.54, 1.807) is 18.3 Å². The Morgan fingerprint density at radius 2 is 2.08 bits per heavy atom. The summed E-state index contributed by atoms with van der Waals surface area (Å²) in [4.78, 5) is 8.25. The maximum Gasteiger partial charge on any atom is 0.232 e. The van der Waals surface area contributed by atoms with Crippen LogP contribution in [0.25, 0.3) is 0 Å². The molecule has 1 aliphatic heterocycles. The SMILES string of the molecule is I.NC(=NCCOc1ncccc1Cl)Nc1ccc2c(c1)OCCCO2. The molecule has 1 aromatic carbocycles. The number of guanidine groups is 1. The minimum Gasteiger partial charge on any atom is -0.490 e. The average molecular weight is 491 g/mol. The van der Waals surface area contributed by atoms with Gasteiger partial charge in [0.2, 0.25) is 5.88 Å². The third kappa shape index (κ3) is 5.80. The van der Waals surface area contributed by atoms with Crippen LogP contribution in [-0.4, -0.2) is 37.3 Å². The summed E-state index contributed by atoms with van der Waals surface area (Å²) in [5.74, 6) is 2.10. The zero-order chi connectivity index (χ0) is 17.5. The van der Waals surface area contributed by atoms with Gasteiger partial charge in [-0.25, -0.2) is 9.98 Å². The molecular weight excluding hydrogens is 471 g/mol. The van der Waals surface area contributed by atoms with Gasteiger partial charge in [0, 0.05) is 24.4 Å². The van der Waals surface area contributed by atoms with Crippen LogP contribution >= 0.6 is 35.6 Å². The predicted octanol–water partition coefficient (Wildman–Crippen LogP) is 3.32. The second-order valence-electron chi connectivity index (χ2n) is 5.24. The first kappa shape index (κ1) is 20.4. The highest BCUT2D eigenvalue weighted by Crippen LogP contribution is 2.32. The predicted molar refractivity (Wildman–Crippen MR) is 112 cm³/mol. The molecule has 0 saturated heterocycles. The van der Waals surface area contributed by atoms with E-state index in [1.165, 1.54) is 0 Å². The van der Waals surface area contributed by atoms with E-state index in [9.17, 15) is 0 Å². The summed E-state index contributed by atoms with van der Waals surface area (Å²) in [6.45, 7) is 1.98. The van der Waals surface area contributed by atoms with E-state index in [2.05, 4.69) is 15.3 Å². The number of hydrogen-bond acceptors (Lipinski definition) is 5. The minimum atomic E-state index is 0. The summed E-state index contributed by atoms with van der Waals surface area (Å²) in [5.41, 5.74) is 6.67. The van der Waals surface area contributed by atoms with Crippen molar-refractivity contribution in [1.82, 2.24) is 4.98 Å². The highest BCUT2D eigenvalue weighted by atomic mass is 127. The molecular formula is C17H20ClIN4O3. The number of benzene rings is 1. The number of pyridine rings is 1. The normalized spacial score (nSPS) is 13.3. The quantitative estimate of drug-likeness (QED) is 0.289. The number of hydrogen-bond donors (Lipinski definition) is 2. The van der Waals surface area contributed by atoms with Crippen LogP contribution in [-0.2, 0) is 0 Å². The standard InChI is InChI=1S/C17H19ClN4O3.HI/c18-13-3-1-6-20-16(13)25-10-7-21-17(19)22-12-4-5-14-15(11-12)24-9-2-8-23-14;/h1,3-6,11H,2,7-10H2,(H3,19,21,22);1H. The third-order valence-corrected chi connectivity index (χ3v) is 3.64. The van der Waals surface area contributed by atoms with Crippen molar-refractivity contribution in [3.05, 3.63) is 41.6 Å². The monoisotopic (exact) mass is 490 g/mol. The smallest absolute Gasteiger partial charge is 0.232 e. The molecule has 0 spiro atoms. The molecule has 9 heteroatoms. The number of nitrogens with two attached hydrogens (primary N) is 1. The topological polar surface area (TPSA) is 91.0 Å². The van der Waals surface area contributed by atoms with E-state index in [0.717, 1.165) is 17.9 Å². The molecule has 140 valence electrons. The lowest BCUT2D eigenvalue weighted by molar-refractivity contribution is 0.297. The summed E-state index contributed by atoms with van der Waals surface area (Å²) >= 11 is 5.96. The molecule has 0 fully saturated rings. The van der Waals surface area contributed by atoms with E-state index >= 15 is 0 Å². The Morgan fingerprint density at radius 1 is 1.27 bits per heavy atom. The summed E-state index contributed by atoms with van der Waals surface area (Å²) in [6.07, 6.45) is 2.48. The molecule has 1 aromatic heterocycles. The van der Waals surface area contributed by atoms with E-state index in [1.807, 2.05) is 18.2 Å². The molecule has 0 aliphatic carbocycles. The van der Waals surface area contributed by atoms with Crippen LogP contribution in [0.15, 0.2) is 41.5 Å². The van der Waals surface area contributed by atoms with E-state index in [0.29, 0.717) is 43.0 Å². The molecule has 26 heavy (non-hydrogen) atoms. The van der Waals surface area contributed by atoms with Crippen LogP contribution in [0.2, 0.25) is 5.02 Å². The fraction of sp³-hybridized carbons (Fsp3) is 0.294. The average Bonchev–Trinajstić information content (AvgIpc) is 2.85. The van der Waals surface area contributed by atoms with Crippen molar-refractivity contribution >= 4 is 47.2 Å². The highest BCUT2D eigenvalue weighted by Gasteiger charge is 2.10. The van der Waals surface area contributed by atoms with Crippen LogP contribution < -0.4 is 25.3 Å². The molecule has 0 radical (unpaired) electrons. The summed E-state index contributed by atoms with van der Waals surface area (Å²) in [7, 11) is 0. The molecule has 3 rings (SSSR count). The van der Waals surface area contributed by atoms with Crippen LogP contribution in [0, 0.1) is 0 Å². The molecule has 3 N–H and O–H groups in total. The van der Waals surface area contributed by atoms with Gasteiger partial charge in [0.1, 0.15) is 11.6 Å². The van der Waals surface area contributed by atoms with Gasteiger partial charge < -0.3 is 25.3 Å². The second kappa shape index (κ2) is 10.3. The molecule has 0 atom stereocenters. The Kier molecular flexibility index (Phi) is 8.05. The lowest BCUT2D eigenvalue weighted by Crippen LogP contribution is -2.23. The maximum absolute atomic E-state index is 5.96. The molecule has 0 saturated carbocycles. The van der Waals surface area contributed by atoms with Gasteiger partial charge in [-0.3, -0.25) is 0 Å². The zero-order valence-electron chi connectivity index (χ0n) is 14.0. The molecule has 0 unspecified atom stereocenters. The van der Waals surface area contributed by atoms with Crippen LogP contribution in [0.1, 0.15) is 6.42 Å². The first-order chi connectivity index (χ1) is 12.2. The first-order valence-electron chi connectivity index (χ1n) is 7.92. The number of nitrogens with one attached hydrogen (secondary N) is 1. The van der Waals surface area contributed by atoms with Crippen molar-refractivity contribution in [1.29, 1.82) is 0 Å². The van der Waals surface area contributed by atoms with Gasteiger partial charge >= 0.3 is 0 Å². The lowest BCUT2D eigenvalue weighted by atomic mass is 10.3. The minimum absolute atomic E-state index is 0. The van der Waals surface area contributed by atoms with Crippen LogP contribution in [0.3, 0.4) is 0 Å². The Labute approximate surface area is 173 Å². The van der Waals surface area contributed by atoms with Gasteiger partial charge in [-0.15, -0.1) is 24.0 Å². The number of anilines is 1. The summed E-state index contributed by atoms with van der Waals surface area (Å²) in [6, 6.07) is 9.01. The number of rotatable bonds is 5. The number of ether oxygens (including phenoxy) is 3. The molecule has 0 amide bonds. The molecule has 7 nitrogen and oxygen atoms in total. The number of nitrogens with zero attached hydrogens (tertiary/aromatic N) is 2. The Morgan fingerprint density at radius 3 is 2.88 bits per heavy atom. The van der Waals surface area contributed by atoms with E-state index in [4.69, 9.17) is 31.5 Å². The van der Waals surface area contributed by atoms with Gasteiger partial charge in [0.05, 0.1) is 19.8 Å². The lowest BCUT2D eigenvalue weighted by Gasteiger charge is -2.11. The maximum atomic E-state index is 5.96. The van der Waals surface area contributed by atoms with Gasteiger partial charge in [-0.2, -0.15) is 0 Å². The van der Waals surface area contributed by atoms with Crippen molar-refractivity contribution in [2.24, 2.45) is 10.7 Å². The largest absolute Gasteiger partial charge is 0.490 e. The summed E-state index contributed by atoms with van der Waals surface area (Å²) in [5, 5.41) is 3.48. The Bertz CT molecular complexity index is 761. The Balaban J connectivity index is 0.00000243. The summed E-state index contributed by atoms with van der Waals surface area (Å²) < 4.78 is 16.7. The fourth-order valence-corrected chi connectivity index (χ4v) is 2.39.